The summed E-state index contributed by atoms with van der Waals surface area (Å²) >= 11 is 15.5. The number of nitrogens with one attached hydrogen (secondary N) is 1. The second-order valence-electron chi connectivity index (χ2n) is 6.00. The van der Waals surface area contributed by atoms with Gasteiger partial charge in [0.05, 0.1) is 16.6 Å². The zero-order chi connectivity index (χ0) is 21.1. The molecular formula is C19H13BrCl2N2O5. The van der Waals surface area contributed by atoms with Crippen molar-refractivity contribution < 1.29 is 24.2 Å². The van der Waals surface area contributed by atoms with Gasteiger partial charge in [0.15, 0.2) is 12.4 Å². The van der Waals surface area contributed by atoms with E-state index in [1.54, 1.807) is 0 Å². The number of hydrogen-bond donors (Lipinski definition) is 2. The molecule has 0 bridgehead atoms. The van der Waals surface area contributed by atoms with Crippen molar-refractivity contribution in [3.05, 3.63) is 67.7 Å². The molecule has 2 aromatic carbocycles. The predicted octanol–water partition coefficient (Wildman–Crippen LogP) is 4.31. The molecule has 10 heteroatoms. The molecule has 2 N–H and O–H groups in total. The molecule has 0 atom stereocenters. The molecule has 3 amide bonds. The third-order valence-corrected chi connectivity index (χ3v) is 4.98. The highest BCUT2D eigenvalue weighted by atomic mass is 79.9. The monoisotopic (exact) mass is 498 g/mol. The number of ether oxygens (including phenoxy) is 1. The van der Waals surface area contributed by atoms with Crippen LogP contribution in [0.3, 0.4) is 0 Å². The fourth-order valence-electron chi connectivity index (χ4n) is 2.59. The van der Waals surface area contributed by atoms with Crippen LogP contribution in [0.15, 0.2) is 46.6 Å². The first kappa shape index (κ1) is 21.2. The molecule has 1 fully saturated rings. The van der Waals surface area contributed by atoms with E-state index in [1.165, 1.54) is 18.2 Å². The van der Waals surface area contributed by atoms with Gasteiger partial charge in [0.2, 0.25) is 0 Å². The fourth-order valence-corrected chi connectivity index (χ4v) is 3.47. The van der Waals surface area contributed by atoms with Gasteiger partial charge in [0.25, 0.3) is 5.91 Å². The molecule has 2 aromatic rings. The third kappa shape index (κ3) is 5.09. The van der Waals surface area contributed by atoms with Crippen LogP contribution in [0.4, 0.5) is 4.79 Å². The molecule has 150 valence electrons. The van der Waals surface area contributed by atoms with E-state index >= 15 is 0 Å². The van der Waals surface area contributed by atoms with Crippen LogP contribution < -0.4 is 10.1 Å². The summed E-state index contributed by atoms with van der Waals surface area (Å²) in [5.74, 6) is -1.64. The number of carbonyl (C=O) groups is 3. The minimum Gasteiger partial charge on any atom is -0.479 e. The van der Waals surface area contributed by atoms with E-state index in [-0.39, 0.29) is 28.0 Å². The number of halogens is 3. The summed E-state index contributed by atoms with van der Waals surface area (Å²) in [7, 11) is 0. The standard InChI is InChI=1S/C19H13BrCl2N2O5/c20-12-3-1-10(2-4-12)8-24-18(27)15(23-19(24)28)7-11-5-13(21)17(14(22)6-11)29-9-16(25)26/h1-7H,8-9H2,(H,23,28)(H,25,26). The second kappa shape index (κ2) is 8.86. The first-order valence-electron chi connectivity index (χ1n) is 8.17. The lowest BCUT2D eigenvalue weighted by atomic mass is 10.1. The van der Waals surface area contributed by atoms with E-state index in [2.05, 4.69) is 21.2 Å². The Morgan fingerprint density at radius 3 is 2.38 bits per heavy atom. The summed E-state index contributed by atoms with van der Waals surface area (Å²) in [6, 6.07) is 9.62. The molecule has 0 radical (unpaired) electrons. The van der Waals surface area contributed by atoms with Crippen LogP contribution >= 0.6 is 39.1 Å². The summed E-state index contributed by atoms with van der Waals surface area (Å²) in [6.45, 7) is -0.474. The summed E-state index contributed by atoms with van der Waals surface area (Å²) < 4.78 is 5.94. The summed E-state index contributed by atoms with van der Waals surface area (Å²) in [5, 5.41) is 11.4. The molecule has 1 saturated heterocycles. The molecule has 1 aliphatic rings. The number of carboxylic acid groups (broad SMARTS) is 1. The number of urea groups is 1. The van der Waals surface area contributed by atoms with E-state index in [0.29, 0.717) is 5.56 Å². The Kier molecular flexibility index (Phi) is 6.46. The van der Waals surface area contributed by atoms with Gasteiger partial charge in [-0.1, -0.05) is 51.3 Å². The average molecular weight is 500 g/mol. The first-order chi connectivity index (χ1) is 13.7. The molecule has 0 spiro atoms. The molecule has 0 saturated carbocycles. The number of carbonyl (C=O) groups excluding carboxylic acids is 2. The van der Waals surface area contributed by atoms with Crippen molar-refractivity contribution in [2.75, 3.05) is 6.61 Å². The first-order valence-corrected chi connectivity index (χ1v) is 9.72. The quantitative estimate of drug-likeness (QED) is 0.456. The van der Waals surface area contributed by atoms with Crippen molar-refractivity contribution in [2.24, 2.45) is 0 Å². The number of hydrogen-bond acceptors (Lipinski definition) is 4. The van der Waals surface area contributed by atoms with Crippen LogP contribution in [0.2, 0.25) is 10.0 Å². The molecule has 0 unspecified atom stereocenters. The Morgan fingerprint density at radius 2 is 1.79 bits per heavy atom. The van der Waals surface area contributed by atoms with Gasteiger partial charge in [0.1, 0.15) is 5.70 Å². The van der Waals surface area contributed by atoms with Crippen LogP contribution in [0.1, 0.15) is 11.1 Å². The highest BCUT2D eigenvalue weighted by molar-refractivity contribution is 9.10. The normalized spacial score (nSPS) is 15.0. The Hall–Kier alpha value is -2.55. The van der Waals surface area contributed by atoms with Gasteiger partial charge in [-0.25, -0.2) is 9.59 Å². The smallest absolute Gasteiger partial charge is 0.341 e. The number of nitrogens with zero attached hydrogens (tertiary/aromatic N) is 1. The number of amides is 3. The minimum absolute atomic E-state index is 0.0246. The van der Waals surface area contributed by atoms with E-state index in [9.17, 15) is 14.4 Å². The lowest BCUT2D eigenvalue weighted by molar-refractivity contribution is -0.139. The average Bonchev–Trinajstić information content (AvgIpc) is 2.90. The number of rotatable bonds is 6. The van der Waals surface area contributed by atoms with Crippen LogP contribution in [0.5, 0.6) is 5.75 Å². The highest BCUT2D eigenvalue weighted by Crippen LogP contribution is 2.35. The topological polar surface area (TPSA) is 95.9 Å². The number of benzene rings is 2. The summed E-state index contributed by atoms with van der Waals surface area (Å²) in [6.07, 6.45) is 1.43. The van der Waals surface area contributed by atoms with Crippen molar-refractivity contribution in [1.82, 2.24) is 10.2 Å². The third-order valence-electron chi connectivity index (χ3n) is 3.89. The van der Waals surface area contributed by atoms with Crippen LogP contribution in [-0.2, 0) is 16.1 Å². The highest BCUT2D eigenvalue weighted by Gasteiger charge is 2.33. The van der Waals surface area contributed by atoms with Gasteiger partial charge in [0, 0.05) is 4.47 Å². The molecule has 1 heterocycles. The van der Waals surface area contributed by atoms with Crippen molar-refractivity contribution >= 4 is 63.1 Å². The van der Waals surface area contributed by atoms with Gasteiger partial charge >= 0.3 is 12.0 Å². The van der Waals surface area contributed by atoms with Gasteiger partial charge < -0.3 is 15.2 Å². The lowest BCUT2D eigenvalue weighted by Crippen LogP contribution is -2.30. The maximum absolute atomic E-state index is 12.6. The summed E-state index contributed by atoms with van der Waals surface area (Å²) in [4.78, 5) is 36.5. The SMILES string of the molecule is O=C(O)COc1c(Cl)cc(C=C2NC(=O)N(Cc3ccc(Br)cc3)C2=O)cc1Cl. The van der Waals surface area contributed by atoms with E-state index in [4.69, 9.17) is 33.0 Å². The van der Waals surface area contributed by atoms with E-state index in [0.717, 1.165) is 14.9 Å². The minimum atomic E-state index is -1.17. The van der Waals surface area contributed by atoms with Crippen molar-refractivity contribution in [3.8, 4) is 5.75 Å². The van der Waals surface area contributed by atoms with Crippen molar-refractivity contribution in [3.63, 3.8) is 0 Å². The Balaban J connectivity index is 1.80. The fraction of sp³-hybridized carbons (Fsp3) is 0.105. The van der Waals surface area contributed by atoms with Gasteiger partial charge in [-0.05, 0) is 41.5 Å². The van der Waals surface area contributed by atoms with Crippen LogP contribution in [-0.4, -0.2) is 34.5 Å². The Labute approximate surface area is 184 Å². The second-order valence-corrected chi connectivity index (χ2v) is 7.73. The molecule has 0 aliphatic carbocycles. The Bertz CT molecular complexity index is 1000. The maximum Gasteiger partial charge on any atom is 0.341 e. The number of imide groups is 1. The van der Waals surface area contributed by atoms with Crippen molar-refractivity contribution in [2.45, 2.75) is 6.54 Å². The molecule has 7 nitrogen and oxygen atoms in total. The van der Waals surface area contributed by atoms with E-state index < -0.39 is 24.5 Å². The largest absolute Gasteiger partial charge is 0.479 e. The molecule has 3 rings (SSSR count). The summed E-state index contributed by atoms with van der Waals surface area (Å²) in [5.41, 5.74) is 1.30. The molecule has 0 aromatic heterocycles. The number of aliphatic carboxylic acids is 1. The zero-order valence-electron chi connectivity index (χ0n) is 14.6. The maximum atomic E-state index is 12.6. The Morgan fingerprint density at radius 1 is 1.17 bits per heavy atom. The van der Waals surface area contributed by atoms with Crippen LogP contribution in [0, 0.1) is 0 Å². The predicted molar refractivity (Wildman–Crippen MR) is 111 cm³/mol. The van der Waals surface area contributed by atoms with Gasteiger partial charge in [-0.3, -0.25) is 9.69 Å². The zero-order valence-corrected chi connectivity index (χ0v) is 17.7. The molecule has 29 heavy (non-hydrogen) atoms. The van der Waals surface area contributed by atoms with Crippen molar-refractivity contribution in [1.29, 1.82) is 0 Å². The van der Waals surface area contributed by atoms with Gasteiger partial charge in [-0.2, -0.15) is 0 Å². The van der Waals surface area contributed by atoms with E-state index in [1.807, 2.05) is 24.3 Å². The number of carboxylic acids is 1. The molecular weight excluding hydrogens is 487 g/mol. The van der Waals surface area contributed by atoms with Gasteiger partial charge in [-0.15, -0.1) is 0 Å². The van der Waals surface area contributed by atoms with Crippen LogP contribution in [0.25, 0.3) is 6.08 Å². The lowest BCUT2D eigenvalue weighted by Gasteiger charge is -2.11. The molecule has 1 aliphatic heterocycles.